The molecule has 0 radical (unpaired) electrons. The minimum atomic E-state index is -0.00488. The highest BCUT2D eigenvalue weighted by Gasteiger charge is 2.27. The molecule has 160 valence electrons. The van der Waals surface area contributed by atoms with Crippen LogP contribution in [0.2, 0.25) is 0 Å². The number of likely N-dealkylation sites (N-methyl/N-ethyl adjacent to an activating group) is 1. The van der Waals surface area contributed by atoms with Crippen molar-refractivity contribution in [1.29, 1.82) is 0 Å². The Morgan fingerprint density at radius 3 is 2.34 bits per heavy atom. The Morgan fingerprint density at radius 2 is 1.69 bits per heavy atom. The van der Waals surface area contributed by atoms with Crippen LogP contribution < -0.4 is 5.32 Å². The van der Waals surface area contributed by atoms with Gasteiger partial charge in [0.05, 0.1) is 0 Å². The number of nitrogens with one attached hydrogen (secondary N) is 1. The molecule has 3 rings (SSSR count). The van der Waals surface area contributed by atoms with Crippen LogP contribution in [-0.2, 0) is 17.9 Å². The average molecular weight is 402 g/mol. The van der Waals surface area contributed by atoms with Crippen molar-refractivity contribution >= 4 is 11.9 Å². The third-order valence-electron chi connectivity index (χ3n) is 5.98. The molecule has 2 aliphatic heterocycles. The summed E-state index contributed by atoms with van der Waals surface area (Å²) in [5.74, 6) is 0.0983. The molecule has 0 spiro atoms. The molecule has 1 aromatic rings. The van der Waals surface area contributed by atoms with E-state index in [1.54, 1.807) is 19.0 Å². The Morgan fingerprint density at radius 1 is 1.03 bits per heavy atom. The maximum absolute atomic E-state index is 12.6. The summed E-state index contributed by atoms with van der Waals surface area (Å²) < 4.78 is 0. The van der Waals surface area contributed by atoms with Gasteiger partial charge in [-0.1, -0.05) is 24.3 Å². The number of piperidine rings is 1. The first-order valence-corrected chi connectivity index (χ1v) is 10.6. The van der Waals surface area contributed by atoms with Gasteiger partial charge in [-0.15, -0.1) is 0 Å². The first-order chi connectivity index (χ1) is 13.9. The Hall–Kier alpha value is -2.12. The fraction of sp³-hybridized carbons (Fsp3) is 0.636. The standard InChI is InChI=1S/C22H35N5O2/c1-24(2)22(29)27-9-7-20(8-10-27)21(28)23-16-18-5-4-6-19(15-18)17-26-13-11-25(3)12-14-26/h4-6,15,20H,7-14,16-17H2,1-3H3,(H,23,28). The van der Waals surface area contributed by atoms with E-state index in [1.807, 2.05) is 4.90 Å². The number of piperazine rings is 1. The molecule has 29 heavy (non-hydrogen) atoms. The molecule has 0 atom stereocenters. The second-order valence-electron chi connectivity index (χ2n) is 8.56. The van der Waals surface area contributed by atoms with Gasteiger partial charge in [-0.25, -0.2) is 4.79 Å². The zero-order chi connectivity index (χ0) is 20.8. The first-order valence-electron chi connectivity index (χ1n) is 10.6. The number of benzene rings is 1. The average Bonchev–Trinajstić information content (AvgIpc) is 2.73. The number of urea groups is 1. The maximum atomic E-state index is 12.6. The van der Waals surface area contributed by atoms with Gasteiger partial charge >= 0.3 is 6.03 Å². The molecule has 0 unspecified atom stereocenters. The van der Waals surface area contributed by atoms with E-state index in [1.165, 1.54) is 5.56 Å². The highest BCUT2D eigenvalue weighted by molar-refractivity contribution is 5.79. The fourth-order valence-electron chi connectivity index (χ4n) is 4.05. The minimum Gasteiger partial charge on any atom is -0.352 e. The topological polar surface area (TPSA) is 59.1 Å². The van der Waals surface area contributed by atoms with Gasteiger partial charge in [0.25, 0.3) is 0 Å². The summed E-state index contributed by atoms with van der Waals surface area (Å²) in [6.07, 6.45) is 1.46. The Bertz CT molecular complexity index is 692. The predicted molar refractivity (Wildman–Crippen MR) is 114 cm³/mol. The van der Waals surface area contributed by atoms with Crippen LogP contribution in [0.4, 0.5) is 4.79 Å². The zero-order valence-electron chi connectivity index (χ0n) is 18.1. The number of amides is 3. The second-order valence-corrected chi connectivity index (χ2v) is 8.56. The molecule has 0 aromatic heterocycles. The van der Waals surface area contributed by atoms with E-state index in [4.69, 9.17) is 0 Å². The van der Waals surface area contributed by atoms with E-state index in [0.717, 1.165) is 51.1 Å². The van der Waals surface area contributed by atoms with Crippen molar-refractivity contribution in [3.05, 3.63) is 35.4 Å². The molecule has 3 amide bonds. The van der Waals surface area contributed by atoms with E-state index < -0.39 is 0 Å². The van der Waals surface area contributed by atoms with Crippen LogP contribution in [0.3, 0.4) is 0 Å². The molecule has 1 N–H and O–H groups in total. The van der Waals surface area contributed by atoms with Crippen molar-refractivity contribution in [1.82, 2.24) is 24.9 Å². The van der Waals surface area contributed by atoms with Crippen molar-refractivity contribution < 1.29 is 9.59 Å². The molecule has 0 saturated carbocycles. The molecule has 0 bridgehead atoms. The maximum Gasteiger partial charge on any atom is 0.319 e. The number of nitrogens with zero attached hydrogens (tertiary/aromatic N) is 4. The summed E-state index contributed by atoms with van der Waals surface area (Å²) in [5.41, 5.74) is 2.45. The number of hydrogen-bond acceptors (Lipinski definition) is 4. The largest absolute Gasteiger partial charge is 0.352 e. The normalized spacial score (nSPS) is 19.2. The number of carbonyl (C=O) groups is 2. The van der Waals surface area contributed by atoms with Gasteiger partial charge in [-0.2, -0.15) is 0 Å². The lowest BCUT2D eigenvalue weighted by Crippen LogP contribution is -2.46. The van der Waals surface area contributed by atoms with Crippen molar-refractivity contribution in [2.75, 3.05) is 60.4 Å². The van der Waals surface area contributed by atoms with Crippen LogP contribution in [0.25, 0.3) is 0 Å². The molecule has 2 heterocycles. The van der Waals surface area contributed by atoms with Crippen LogP contribution in [0, 0.1) is 5.92 Å². The van der Waals surface area contributed by atoms with Crippen LogP contribution in [0.1, 0.15) is 24.0 Å². The lowest BCUT2D eigenvalue weighted by atomic mass is 9.96. The van der Waals surface area contributed by atoms with Crippen LogP contribution in [0.5, 0.6) is 0 Å². The van der Waals surface area contributed by atoms with Gasteiger partial charge < -0.3 is 20.0 Å². The minimum absolute atomic E-state index is 0.00488. The zero-order valence-corrected chi connectivity index (χ0v) is 18.1. The predicted octanol–water partition coefficient (Wildman–Crippen LogP) is 1.44. The van der Waals surface area contributed by atoms with Gasteiger partial charge in [-0.05, 0) is 31.0 Å². The number of hydrogen-bond donors (Lipinski definition) is 1. The van der Waals surface area contributed by atoms with Gasteiger partial charge in [0, 0.05) is 72.4 Å². The number of likely N-dealkylation sites (tertiary alicyclic amines) is 1. The highest BCUT2D eigenvalue weighted by Crippen LogP contribution is 2.18. The first kappa shape index (κ1) is 21.6. The summed E-state index contributed by atoms with van der Waals surface area (Å²) in [5, 5.41) is 3.10. The molecular formula is C22H35N5O2. The molecule has 2 saturated heterocycles. The molecule has 1 aromatic carbocycles. The number of rotatable bonds is 5. The van der Waals surface area contributed by atoms with Crippen molar-refractivity contribution in [3.8, 4) is 0 Å². The lowest BCUT2D eigenvalue weighted by Gasteiger charge is -2.33. The van der Waals surface area contributed by atoms with Crippen LogP contribution >= 0.6 is 0 Å². The van der Waals surface area contributed by atoms with E-state index in [0.29, 0.717) is 19.6 Å². The third kappa shape index (κ3) is 6.18. The van der Waals surface area contributed by atoms with E-state index in [9.17, 15) is 9.59 Å². The molecule has 2 fully saturated rings. The van der Waals surface area contributed by atoms with E-state index in [2.05, 4.69) is 46.4 Å². The van der Waals surface area contributed by atoms with Crippen molar-refractivity contribution in [2.45, 2.75) is 25.9 Å². The van der Waals surface area contributed by atoms with Crippen LogP contribution in [-0.4, -0.2) is 91.9 Å². The Labute approximate surface area is 174 Å². The molecular weight excluding hydrogens is 366 g/mol. The van der Waals surface area contributed by atoms with Gasteiger partial charge in [-0.3, -0.25) is 9.69 Å². The summed E-state index contributed by atoms with van der Waals surface area (Å²) in [6.45, 7) is 7.27. The molecule has 7 nitrogen and oxygen atoms in total. The lowest BCUT2D eigenvalue weighted by molar-refractivity contribution is -0.126. The van der Waals surface area contributed by atoms with E-state index >= 15 is 0 Å². The quantitative estimate of drug-likeness (QED) is 0.811. The second kappa shape index (κ2) is 10.1. The highest BCUT2D eigenvalue weighted by atomic mass is 16.2. The van der Waals surface area contributed by atoms with Crippen LogP contribution in [0.15, 0.2) is 24.3 Å². The van der Waals surface area contributed by atoms with Gasteiger partial charge in [0.2, 0.25) is 5.91 Å². The fourth-order valence-corrected chi connectivity index (χ4v) is 4.05. The summed E-state index contributed by atoms with van der Waals surface area (Å²) in [4.78, 5) is 32.9. The van der Waals surface area contributed by atoms with Gasteiger partial charge in [0.15, 0.2) is 0 Å². The molecule has 7 heteroatoms. The van der Waals surface area contributed by atoms with Crippen molar-refractivity contribution in [2.24, 2.45) is 5.92 Å². The SMILES string of the molecule is CN1CCN(Cc2cccc(CNC(=O)C3CCN(C(=O)N(C)C)CC3)c2)CC1. The summed E-state index contributed by atoms with van der Waals surface area (Å²) in [7, 11) is 5.70. The van der Waals surface area contributed by atoms with Crippen molar-refractivity contribution in [3.63, 3.8) is 0 Å². The summed E-state index contributed by atoms with van der Waals surface area (Å²) in [6, 6.07) is 8.56. The molecule has 2 aliphatic rings. The van der Waals surface area contributed by atoms with Gasteiger partial charge in [0.1, 0.15) is 0 Å². The smallest absolute Gasteiger partial charge is 0.319 e. The summed E-state index contributed by atoms with van der Waals surface area (Å²) >= 11 is 0. The number of carbonyl (C=O) groups excluding carboxylic acids is 2. The third-order valence-corrected chi connectivity index (χ3v) is 5.98. The molecule has 0 aliphatic carbocycles. The Kier molecular flexibility index (Phi) is 7.50. The Balaban J connectivity index is 1.44. The van der Waals surface area contributed by atoms with E-state index in [-0.39, 0.29) is 17.9 Å². The monoisotopic (exact) mass is 401 g/mol.